The van der Waals surface area contributed by atoms with Crippen LogP contribution in [0.1, 0.15) is 13.8 Å². The van der Waals surface area contributed by atoms with Gasteiger partial charge in [-0.25, -0.2) is 0 Å². The summed E-state index contributed by atoms with van der Waals surface area (Å²) in [5.74, 6) is 0. The molecule has 1 fully saturated rings. The molecule has 2 atom stereocenters. The summed E-state index contributed by atoms with van der Waals surface area (Å²) in [5, 5.41) is 3.39. The quantitative estimate of drug-likeness (QED) is 0.532. The Balaban J connectivity index is 2.08. The first kappa shape index (κ1) is 14.3. The molecule has 1 rings (SSSR count). The van der Waals surface area contributed by atoms with Crippen LogP contribution in [-0.2, 0) is 4.74 Å². The molecule has 0 aromatic heterocycles. The van der Waals surface area contributed by atoms with Crippen molar-refractivity contribution in [2.45, 2.75) is 20.0 Å². The van der Waals surface area contributed by atoms with Gasteiger partial charge in [-0.1, -0.05) is 6.92 Å². The molecule has 0 aromatic carbocycles. The van der Waals surface area contributed by atoms with Crippen molar-refractivity contribution in [3.8, 4) is 0 Å². The van der Waals surface area contributed by atoms with E-state index in [0.717, 1.165) is 28.1 Å². The second-order valence-corrected chi connectivity index (χ2v) is 5.57. The summed E-state index contributed by atoms with van der Waals surface area (Å²) in [6.07, 6.45) is 1.50. The fraction of sp³-hybridized carbons (Fsp3) is 1.00. The van der Waals surface area contributed by atoms with Crippen LogP contribution in [0.4, 0.5) is 0 Å². The van der Waals surface area contributed by atoms with Crippen LogP contribution < -0.4 is 5.32 Å². The minimum Gasteiger partial charge on any atom is -0.380 e. The van der Waals surface area contributed by atoms with E-state index in [1.54, 1.807) is 7.11 Å². The molecule has 96 valence electrons. The number of methoxy groups -OCH3 is 1. The second-order valence-electron chi connectivity index (χ2n) is 4.27. The average molecular weight is 247 g/mol. The largest absolute Gasteiger partial charge is 0.380 e. The van der Waals surface area contributed by atoms with Crippen LogP contribution in [0.15, 0.2) is 0 Å². The van der Waals surface area contributed by atoms with Gasteiger partial charge >= 0.3 is 0 Å². The van der Waals surface area contributed by atoms with Crippen LogP contribution in [-0.4, -0.2) is 68.3 Å². The van der Waals surface area contributed by atoms with E-state index in [9.17, 15) is 0 Å². The van der Waals surface area contributed by atoms with Gasteiger partial charge in [0.1, 0.15) is 0 Å². The Kier molecular flexibility index (Phi) is 7.50. The Hall–Kier alpha value is 0.270. The third kappa shape index (κ3) is 5.55. The average Bonchev–Trinajstić information content (AvgIpc) is 2.31. The number of hydrogen-bond acceptors (Lipinski definition) is 4. The van der Waals surface area contributed by atoms with E-state index in [2.05, 4.69) is 28.7 Å². The smallest absolute Gasteiger partial charge is 0.0670 e. The van der Waals surface area contributed by atoms with E-state index in [4.69, 9.17) is 4.74 Å². The van der Waals surface area contributed by atoms with Crippen molar-refractivity contribution >= 4 is 8.73 Å². The molecule has 4 nitrogen and oxygen atoms in total. The van der Waals surface area contributed by atoms with E-state index < -0.39 is 0 Å². The Bertz CT molecular complexity index is 175. The molecular weight excluding hydrogens is 221 g/mol. The lowest BCUT2D eigenvalue weighted by Crippen LogP contribution is -2.45. The van der Waals surface area contributed by atoms with Gasteiger partial charge in [0.25, 0.3) is 0 Å². The first-order valence-corrected chi connectivity index (χ1v) is 7.36. The topological polar surface area (TPSA) is 27.7 Å². The van der Waals surface area contributed by atoms with Gasteiger partial charge in [-0.15, -0.1) is 0 Å². The van der Waals surface area contributed by atoms with Gasteiger partial charge in [-0.2, -0.15) is 0 Å². The van der Waals surface area contributed by atoms with Gasteiger partial charge in [-0.05, 0) is 22.2 Å². The van der Waals surface area contributed by atoms with E-state index in [1.165, 1.54) is 26.2 Å². The molecule has 1 heterocycles. The third-order valence-electron chi connectivity index (χ3n) is 2.97. The second kappa shape index (κ2) is 8.37. The molecule has 0 amide bonds. The maximum atomic E-state index is 5.30. The summed E-state index contributed by atoms with van der Waals surface area (Å²) in [6, 6.07) is 0. The van der Waals surface area contributed by atoms with Crippen molar-refractivity contribution in [2.75, 3.05) is 52.7 Å². The summed E-state index contributed by atoms with van der Waals surface area (Å²) in [7, 11) is 2.73. The Morgan fingerprint density at radius 1 is 1.31 bits per heavy atom. The molecule has 0 radical (unpaired) electrons. The van der Waals surface area contributed by atoms with Gasteiger partial charge in [-0.3, -0.25) is 9.57 Å². The highest BCUT2D eigenvalue weighted by atomic mass is 31.1. The maximum Gasteiger partial charge on any atom is 0.0670 e. The summed E-state index contributed by atoms with van der Waals surface area (Å²) < 4.78 is 7.86. The molecule has 1 aliphatic rings. The number of hydrogen-bond donors (Lipinski definition) is 1. The zero-order chi connectivity index (χ0) is 11.8. The summed E-state index contributed by atoms with van der Waals surface area (Å²) in [4.78, 5) is 2.50. The van der Waals surface area contributed by atoms with Gasteiger partial charge in [0.15, 0.2) is 0 Å². The van der Waals surface area contributed by atoms with Crippen molar-refractivity contribution in [2.24, 2.45) is 0 Å². The SMILES string of the molecule is CCNCPN1CCN(CC(C)OC)CC1. The van der Waals surface area contributed by atoms with E-state index >= 15 is 0 Å². The van der Waals surface area contributed by atoms with Crippen LogP contribution >= 0.6 is 8.73 Å². The Morgan fingerprint density at radius 2 is 2.00 bits per heavy atom. The van der Waals surface area contributed by atoms with Gasteiger partial charge in [0, 0.05) is 46.1 Å². The molecule has 0 aliphatic carbocycles. The molecule has 1 N–H and O–H groups in total. The number of rotatable bonds is 7. The monoisotopic (exact) mass is 247 g/mol. The predicted octanol–water partition coefficient (Wildman–Crippen LogP) is 0.799. The molecule has 0 aromatic rings. The minimum absolute atomic E-state index is 0.357. The standard InChI is InChI=1S/C11H26N3OP/c1-4-12-10-16-14-7-5-13(6-8-14)9-11(2)15-3/h11-12,16H,4-10H2,1-3H3. The van der Waals surface area contributed by atoms with Gasteiger partial charge in [0.2, 0.25) is 0 Å². The molecule has 1 saturated heterocycles. The number of piperazine rings is 1. The molecule has 0 spiro atoms. The Morgan fingerprint density at radius 3 is 2.56 bits per heavy atom. The fourth-order valence-electron chi connectivity index (χ4n) is 1.82. The van der Waals surface area contributed by atoms with Crippen LogP contribution in [0.2, 0.25) is 0 Å². The van der Waals surface area contributed by atoms with Gasteiger partial charge < -0.3 is 10.1 Å². The van der Waals surface area contributed by atoms with E-state index in [-0.39, 0.29) is 0 Å². The highest BCUT2D eigenvalue weighted by Gasteiger charge is 2.17. The molecule has 2 unspecified atom stereocenters. The predicted molar refractivity (Wildman–Crippen MR) is 71.3 cm³/mol. The van der Waals surface area contributed by atoms with E-state index in [1.807, 2.05) is 0 Å². The lowest BCUT2D eigenvalue weighted by molar-refractivity contribution is 0.0653. The highest BCUT2D eigenvalue weighted by molar-refractivity contribution is 7.35. The first-order chi connectivity index (χ1) is 7.76. The van der Waals surface area contributed by atoms with Crippen molar-refractivity contribution < 1.29 is 4.74 Å². The summed E-state index contributed by atoms with van der Waals surface area (Å²) in [5.41, 5.74) is 0. The molecule has 0 bridgehead atoms. The normalized spacial score (nSPS) is 21.9. The first-order valence-electron chi connectivity index (χ1n) is 6.20. The van der Waals surface area contributed by atoms with Crippen molar-refractivity contribution in [1.82, 2.24) is 14.9 Å². The van der Waals surface area contributed by atoms with Crippen molar-refractivity contribution in [3.05, 3.63) is 0 Å². The summed E-state index contributed by atoms with van der Waals surface area (Å²) in [6.45, 7) is 11.2. The zero-order valence-corrected chi connectivity index (χ0v) is 11.8. The Labute approximate surface area is 102 Å². The summed E-state index contributed by atoms with van der Waals surface area (Å²) >= 11 is 0. The van der Waals surface area contributed by atoms with Crippen LogP contribution in [0.25, 0.3) is 0 Å². The van der Waals surface area contributed by atoms with Crippen LogP contribution in [0.5, 0.6) is 0 Å². The van der Waals surface area contributed by atoms with Crippen LogP contribution in [0.3, 0.4) is 0 Å². The number of nitrogens with one attached hydrogen (secondary N) is 1. The maximum absolute atomic E-state index is 5.30. The molecule has 1 aliphatic heterocycles. The minimum atomic E-state index is 0.357. The fourth-order valence-corrected chi connectivity index (χ4v) is 2.92. The van der Waals surface area contributed by atoms with Gasteiger partial charge in [0.05, 0.1) is 6.10 Å². The molecule has 5 heteroatoms. The van der Waals surface area contributed by atoms with Crippen LogP contribution in [0, 0.1) is 0 Å². The molecule has 16 heavy (non-hydrogen) atoms. The molecular formula is C11H26N3OP. The lowest BCUT2D eigenvalue weighted by Gasteiger charge is -2.35. The van der Waals surface area contributed by atoms with Crippen molar-refractivity contribution in [3.63, 3.8) is 0 Å². The highest BCUT2D eigenvalue weighted by Crippen LogP contribution is 2.18. The molecule has 0 saturated carbocycles. The third-order valence-corrected chi connectivity index (χ3v) is 4.27. The van der Waals surface area contributed by atoms with Crippen molar-refractivity contribution in [1.29, 1.82) is 0 Å². The zero-order valence-electron chi connectivity index (χ0n) is 10.8. The van der Waals surface area contributed by atoms with E-state index in [0.29, 0.717) is 6.10 Å². The lowest BCUT2D eigenvalue weighted by atomic mass is 10.3. The number of nitrogens with zero attached hydrogens (tertiary/aromatic N) is 2. The number of ether oxygens (including phenoxy) is 1.